The molecular formula is C26H34N2. The molecule has 0 amide bonds. The molecule has 0 aromatic heterocycles. The minimum absolute atomic E-state index is 0.526. The van der Waals surface area contributed by atoms with E-state index < -0.39 is 0 Å². The maximum absolute atomic E-state index is 4.54. The molecule has 0 N–H and O–H groups in total. The molecule has 28 heavy (non-hydrogen) atoms. The first-order chi connectivity index (χ1) is 13.6. The van der Waals surface area contributed by atoms with Crippen molar-refractivity contribution in [3.05, 3.63) is 83.1 Å². The zero-order valence-electron chi connectivity index (χ0n) is 17.5. The highest BCUT2D eigenvalue weighted by molar-refractivity contribution is 5.25. The standard InChI is InChI=1S/C26H34N2/c1-20-6-10-23(11-7-20)19-28-16-4-5-26(22(28)3)27-17-14-25(15-18-27)24-12-8-21(2)9-13-24/h6-13,25-26H,3-5,14-19H2,1-2H3. The van der Waals surface area contributed by atoms with Gasteiger partial charge in [-0.3, -0.25) is 4.90 Å². The van der Waals surface area contributed by atoms with Gasteiger partial charge in [-0.25, -0.2) is 0 Å². The van der Waals surface area contributed by atoms with Crippen LogP contribution in [0.2, 0.25) is 0 Å². The van der Waals surface area contributed by atoms with Gasteiger partial charge in [-0.1, -0.05) is 66.2 Å². The summed E-state index contributed by atoms with van der Waals surface area (Å²) in [6.45, 7) is 13.4. The first-order valence-corrected chi connectivity index (χ1v) is 10.9. The van der Waals surface area contributed by atoms with Gasteiger partial charge in [0.1, 0.15) is 0 Å². The molecule has 4 rings (SSSR count). The largest absolute Gasteiger partial charge is 0.370 e. The number of hydrogen-bond acceptors (Lipinski definition) is 2. The summed E-state index contributed by atoms with van der Waals surface area (Å²) in [7, 11) is 0. The molecule has 2 aliphatic heterocycles. The van der Waals surface area contributed by atoms with Crippen molar-refractivity contribution in [3.63, 3.8) is 0 Å². The van der Waals surface area contributed by atoms with Gasteiger partial charge in [-0.15, -0.1) is 0 Å². The summed E-state index contributed by atoms with van der Waals surface area (Å²) >= 11 is 0. The monoisotopic (exact) mass is 374 g/mol. The Morgan fingerprint density at radius 2 is 1.43 bits per heavy atom. The van der Waals surface area contributed by atoms with Crippen molar-refractivity contribution in [1.29, 1.82) is 0 Å². The van der Waals surface area contributed by atoms with Crippen molar-refractivity contribution in [3.8, 4) is 0 Å². The third-order valence-electron chi connectivity index (χ3n) is 6.71. The van der Waals surface area contributed by atoms with Crippen LogP contribution in [0.25, 0.3) is 0 Å². The predicted octanol–water partition coefficient (Wildman–Crippen LogP) is 5.66. The number of rotatable bonds is 4. The molecule has 0 aliphatic carbocycles. The fourth-order valence-corrected chi connectivity index (χ4v) is 4.87. The van der Waals surface area contributed by atoms with Crippen LogP contribution in [-0.2, 0) is 6.54 Å². The molecule has 2 aliphatic rings. The van der Waals surface area contributed by atoms with E-state index in [0.29, 0.717) is 6.04 Å². The van der Waals surface area contributed by atoms with Crippen molar-refractivity contribution in [2.75, 3.05) is 19.6 Å². The lowest BCUT2D eigenvalue weighted by Crippen LogP contribution is -2.48. The Balaban J connectivity index is 1.36. The number of nitrogens with zero attached hydrogens (tertiary/aromatic N) is 2. The van der Waals surface area contributed by atoms with Crippen LogP contribution in [0.1, 0.15) is 53.9 Å². The Morgan fingerprint density at radius 3 is 2.07 bits per heavy atom. The van der Waals surface area contributed by atoms with E-state index in [1.807, 2.05) is 0 Å². The van der Waals surface area contributed by atoms with Crippen LogP contribution in [-0.4, -0.2) is 35.5 Å². The third-order valence-corrected chi connectivity index (χ3v) is 6.71. The zero-order valence-corrected chi connectivity index (χ0v) is 17.5. The molecule has 2 fully saturated rings. The average Bonchev–Trinajstić information content (AvgIpc) is 2.72. The van der Waals surface area contributed by atoms with Gasteiger partial charge in [0, 0.05) is 24.8 Å². The molecule has 148 valence electrons. The van der Waals surface area contributed by atoms with Gasteiger partial charge in [-0.2, -0.15) is 0 Å². The summed E-state index contributed by atoms with van der Waals surface area (Å²) in [6, 6.07) is 18.7. The van der Waals surface area contributed by atoms with Crippen LogP contribution in [0.5, 0.6) is 0 Å². The molecule has 0 saturated carbocycles. The van der Waals surface area contributed by atoms with Gasteiger partial charge in [0.25, 0.3) is 0 Å². The lowest BCUT2D eigenvalue weighted by Gasteiger charge is -2.44. The van der Waals surface area contributed by atoms with Crippen LogP contribution in [0.4, 0.5) is 0 Å². The summed E-state index contributed by atoms with van der Waals surface area (Å²) in [6.07, 6.45) is 5.07. The molecule has 0 radical (unpaired) electrons. The van der Waals surface area contributed by atoms with E-state index in [-0.39, 0.29) is 0 Å². The van der Waals surface area contributed by atoms with Crippen molar-refractivity contribution < 1.29 is 0 Å². The van der Waals surface area contributed by atoms with Crippen LogP contribution < -0.4 is 0 Å². The van der Waals surface area contributed by atoms with Crippen LogP contribution in [0.3, 0.4) is 0 Å². The molecule has 0 spiro atoms. The molecule has 2 nitrogen and oxygen atoms in total. The van der Waals surface area contributed by atoms with Crippen molar-refractivity contribution in [2.45, 2.75) is 58.0 Å². The molecule has 0 bridgehead atoms. The van der Waals surface area contributed by atoms with E-state index in [9.17, 15) is 0 Å². The van der Waals surface area contributed by atoms with Gasteiger partial charge in [0.15, 0.2) is 0 Å². The Kier molecular flexibility index (Phi) is 5.87. The highest BCUT2D eigenvalue weighted by atomic mass is 15.2. The molecule has 1 unspecified atom stereocenters. The molecule has 2 aromatic rings. The van der Waals surface area contributed by atoms with Gasteiger partial charge >= 0.3 is 0 Å². The maximum Gasteiger partial charge on any atom is 0.0491 e. The summed E-state index contributed by atoms with van der Waals surface area (Å²) in [5.74, 6) is 0.720. The lowest BCUT2D eigenvalue weighted by molar-refractivity contribution is 0.113. The highest BCUT2D eigenvalue weighted by Crippen LogP contribution is 2.33. The summed E-state index contributed by atoms with van der Waals surface area (Å²) in [4.78, 5) is 5.22. The fraction of sp³-hybridized carbons (Fsp3) is 0.462. The minimum atomic E-state index is 0.526. The number of piperidine rings is 2. The SMILES string of the molecule is C=C1C(N2CCC(c3ccc(C)cc3)CC2)CCCN1Cc1ccc(C)cc1. The van der Waals surface area contributed by atoms with Crippen LogP contribution >= 0.6 is 0 Å². The summed E-state index contributed by atoms with van der Waals surface area (Å²) < 4.78 is 0. The summed E-state index contributed by atoms with van der Waals surface area (Å²) in [5, 5.41) is 0. The van der Waals surface area contributed by atoms with Crippen LogP contribution in [0, 0.1) is 13.8 Å². The van der Waals surface area contributed by atoms with Gasteiger partial charge in [0.05, 0.1) is 0 Å². The van der Waals surface area contributed by atoms with Crippen molar-refractivity contribution in [2.24, 2.45) is 0 Å². The van der Waals surface area contributed by atoms with E-state index in [4.69, 9.17) is 0 Å². The van der Waals surface area contributed by atoms with Crippen molar-refractivity contribution >= 4 is 0 Å². The van der Waals surface area contributed by atoms with E-state index in [1.54, 1.807) is 0 Å². The lowest BCUT2D eigenvalue weighted by atomic mass is 9.87. The van der Waals surface area contributed by atoms with Gasteiger partial charge < -0.3 is 4.90 Å². The quantitative estimate of drug-likeness (QED) is 0.681. The molecular weight excluding hydrogens is 340 g/mol. The number of hydrogen-bond donors (Lipinski definition) is 0. The first kappa shape index (κ1) is 19.3. The van der Waals surface area contributed by atoms with Crippen LogP contribution in [0.15, 0.2) is 60.8 Å². The maximum atomic E-state index is 4.54. The van der Waals surface area contributed by atoms with E-state index in [1.165, 1.54) is 66.7 Å². The fourth-order valence-electron chi connectivity index (χ4n) is 4.87. The number of likely N-dealkylation sites (tertiary alicyclic amines) is 2. The highest BCUT2D eigenvalue weighted by Gasteiger charge is 2.31. The van der Waals surface area contributed by atoms with Crippen molar-refractivity contribution in [1.82, 2.24) is 9.80 Å². The molecule has 2 heteroatoms. The Bertz CT molecular complexity index is 782. The third kappa shape index (κ3) is 4.33. The second kappa shape index (κ2) is 8.53. The predicted molar refractivity (Wildman–Crippen MR) is 118 cm³/mol. The molecule has 1 atom stereocenters. The first-order valence-electron chi connectivity index (χ1n) is 10.9. The second-order valence-corrected chi connectivity index (χ2v) is 8.78. The summed E-state index contributed by atoms with van der Waals surface area (Å²) in [5.41, 5.74) is 6.93. The molecule has 2 saturated heterocycles. The Labute approximate surface area is 170 Å². The minimum Gasteiger partial charge on any atom is -0.370 e. The number of benzene rings is 2. The van der Waals surface area contributed by atoms with Gasteiger partial charge in [-0.05, 0) is 69.7 Å². The second-order valence-electron chi connectivity index (χ2n) is 8.78. The number of aryl methyl sites for hydroxylation is 2. The van der Waals surface area contributed by atoms with E-state index in [2.05, 4.69) is 78.8 Å². The Morgan fingerprint density at radius 1 is 0.821 bits per heavy atom. The average molecular weight is 375 g/mol. The molecule has 2 aromatic carbocycles. The van der Waals surface area contributed by atoms with E-state index >= 15 is 0 Å². The normalized spacial score (nSPS) is 21.9. The zero-order chi connectivity index (χ0) is 19.5. The van der Waals surface area contributed by atoms with Gasteiger partial charge in [0.2, 0.25) is 0 Å². The van der Waals surface area contributed by atoms with E-state index in [0.717, 1.165) is 19.0 Å². The Hall–Kier alpha value is -2.06. The topological polar surface area (TPSA) is 6.48 Å². The smallest absolute Gasteiger partial charge is 0.0491 e. The molecule has 2 heterocycles.